The van der Waals surface area contributed by atoms with Crippen molar-refractivity contribution in [3.8, 4) is 39.6 Å². The normalized spacial score (nSPS) is 11.2. The molecule has 0 saturated carbocycles. The lowest BCUT2D eigenvalue weighted by Crippen LogP contribution is -2.15. The van der Waals surface area contributed by atoms with E-state index in [1.165, 1.54) is 25.6 Å². The first-order valence-electron chi connectivity index (χ1n) is 10.7. The maximum Gasteiger partial charge on any atom is 0.333 e. The molecule has 2 aromatic carbocycles. The van der Waals surface area contributed by atoms with Crippen LogP contribution in [0.4, 0.5) is 8.78 Å². The second-order valence-corrected chi connectivity index (χ2v) is 7.76. The Morgan fingerprint density at radius 2 is 1.77 bits per heavy atom. The Morgan fingerprint density at radius 1 is 0.971 bits per heavy atom. The average Bonchev–Trinajstić information content (AvgIpc) is 3.52. The van der Waals surface area contributed by atoms with Crippen molar-refractivity contribution >= 4 is 0 Å². The lowest BCUT2D eigenvalue weighted by atomic mass is 10.1. The number of nitrogens with zero attached hydrogens (tertiary/aromatic N) is 6. The monoisotopic (exact) mass is 474 g/mol. The zero-order chi connectivity index (χ0) is 24.5. The fourth-order valence-corrected chi connectivity index (χ4v) is 3.79. The summed E-state index contributed by atoms with van der Waals surface area (Å²) in [6.45, 7) is -0.871. The SMILES string of the molecule is COc1cc(-c2cnn(C(F)F)c2)ccc1-n1ccc(=O)c(-c2cc(C)nn2-c2ccccc2)n1. The molecule has 0 amide bonds. The first-order chi connectivity index (χ1) is 16.9. The molecule has 0 unspecified atom stereocenters. The van der Waals surface area contributed by atoms with Gasteiger partial charge in [0.25, 0.3) is 0 Å². The molecular weight excluding hydrogens is 454 g/mol. The number of alkyl halides is 2. The molecule has 0 saturated heterocycles. The second-order valence-electron chi connectivity index (χ2n) is 7.76. The van der Waals surface area contributed by atoms with E-state index in [4.69, 9.17) is 4.74 Å². The number of para-hydroxylation sites is 1. The van der Waals surface area contributed by atoms with E-state index < -0.39 is 6.55 Å². The van der Waals surface area contributed by atoms with Crippen LogP contribution in [0.3, 0.4) is 0 Å². The minimum Gasteiger partial charge on any atom is -0.494 e. The van der Waals surface area contributed by atoms with Gasteiger partial charge in [-0.1, -0.05) is 24.3 Å². The molecule has 3 aromatic heterocycles. The highest BCUT2D eigenvalue weighted by Gasteiger charge is 2.17. The third-order valence-electron chi connectivity index (χ3n) is 5.44. The molecule has 8 nitrogen and oxygen atoms in total. The summed E-state index contributed by atoms with van der Waals surface area (Å²) < 4.78 is 35.2. The molecule has 0 aliphatic rings. The quantitative estimate of drug-likeness (QED) is 0.358. The van der Waals surface area contributed by atoms with Gasteiger partial charge in [0, 0.05) is 24.0 Å². The number of halogens is 2. The minimum absolute atomic E-state index is 0.223. The van der Waals surface area contributed by atoms with Gasteiger partial charge in [-0.3, -0.25) is 4.79 Å². The van der Waals surface area contributed by atoms with Crippen molar-refractivity contribution in [2.45, 2.75) is 13.5 Å². The zero-order valence-corrected chi connectivity index (χ0v) is 18.8. The van der Waals surface area contributed by atoms with Crippen LogP contribution in [0.5, 0.6) is 5.75 Å². The van der Waals surface area contributed by atoms with Gasteiger partial charge in [0.05, 0.1) is 30.4 Å². The fraction of sp³-hybridized carbons (Fsp3) is 0.120. The number of hydrogen-bond acceptors (Lipinski definition) is 5. The molecule has 176 valence electrons. The predicted molar refractivity (Wildman–Crippen MR) is 126 cm³/mol. The maximum absolute atomic E-state index is 12.9. The van der Waals surface area contributed by atoms with Gasteiger partial charge in [-0.05, 0) is 42.8 Å². The van der Waals surface area contributed by atoms with E-state index in [1.807, 2.05) is 43.3 Å². The number of rotatable bonds is 6. The second kappa shape index (κ2) is 8.98. The number of benzene rings is 2. The molecule has 10 heteroatoms. The minimum atomic E-state index is -2.72. The summed E-state index contributed by atoms with van der Waals surface area (Å²) in [5.41, 5.74) is 3.81. The third kappa shape index (κ3) is 4.21. The van der Waals surface area contributed by atoms with Crippen LogP contribution in [0.1, 0.15) is 12.2 Å². The highest BCUT2D eigenvalue weighted by atomic mass is 19.3. The van der Waals surface area contributed by atoms with Crippen molar-refractivity contribution < 1.29 is 13.5 Å². The molecule has 0 fully saturated rings. The van der Waals surface area contributed by atoms with E-state index in [1.54, 1.807) is 33.8 Å². The first kappa shape index (κ1) is 22.2. The first-order valence-corrected chi connectivity index (χ1v) is 10.7. The van der Waals surface area contributed by atoms with Crippen molar-refractivity contribution in [3.63, 3.8) is 0 Å². The van der Waals surface area contributed by atoms with Gasteiger partial charge in [0.2, 0.25) is 5.43 Å². The van der Waals surface area contributed by atoms with Crippen LogP contribution in [-0.4, -0.2) is 36.5 Å². The Hall–Kier alpha value is -4.60. The number of aryl methyl sites for hydroxylation is 1. The Kier molecular flexibility index (Phi) is 5.69. The summed E-state index contributed by atoms with van der Waals surface area (Å²) in [7, 11) is 1.50. The molecule has 0 N–H and O–H groups in total. The van der Waals surface area contributed by atoms with Crippen LogP contribution in [0, 0.1) is 6.92 Å². The molecule has 3 heterocycles. The Morgan fingerprint density at radius 3 is 2.49 bits per heavy atom. The van der Waals surface area contributed by atoms with Gasteiger partial charge in [0.1, 0.15) is 11.4 Å². The summed E-state index contributed by atoms with van der Waals surface area (Å²) >= 11 is 0. The summed E-state index contributed by atoms with van der Waals surface area (Å²) in [6.07, 6.45) is 4.18. The molecular formula is C25H20F2N6O2. The molecule has 35 heavy (non-hydrogen) atoms. The van der Waals surface area contributed by atoms with Crippen molar-refractivity contribution in [3.05, 3.63) is 95.2 Å². The van der Waals surface area contributed by atoms with Crippen LogP contribution in [0.2, 0.25) is 0 Å². The summed E-state index contributed by atoms with van der Waals surface area (Å²) in [5.74, 6) is 0.446. The van der Waals surface area contributed by atoms with Crippen LogP contribution >= 0.6 is 0 Å². The molecule has 0 spiro atoms. The zero-order valence-electron chi connectivity index (χ0n) is 18.8. The van der Waals surface area contributed by atoms with Gasteiger partial charge in [-0.25, -0.2) is 14.0 Å². The molecule has 0 aliphatic heterocycles. The maximum atomic E-state index is 12.9. The van der Waals surface area contributed by atoms with E-state index in [9.17, 15) is 13.6 Å². The average molecular weight is 474 g/mol. The summed E-state index contributed by atoms with van der Waals surface area (Å²) in [5, 5.41) is 12.8. The van der Waals surface area contributed by atoms with E-state index in [0.29, 0.717) is 32.9 Å². The lowest BCUT2D eigenvalue weighted by Gasteiger charge is -2.13. The molecule has 0 aliphatic carbocycles. The highest BCUT2D eigenvalue weighted by Crippen LogP contribution is 2.30. The third-order valence-corrected chi connectivity index (χ3v) is 5.44. The number of ether oxygens (including phenoxy) is 1. The Labute approximate surface area is 198 Å². The van der Waals surface area contributed by atoms with Crippen molar-refractivity contribution in [2.75, 3.05) is 7.11 Å². The standard InChI is InChI=1S/C25H20F2N6O2/c1-16-12-21(33(29-16)19-6-4-3-5-7-19)24-22(34)10-11-31(30-24)20-9-8-17(13-23(20)35-2)18-14-28-32(15-18)25(26)27/h3-15,25H,1-2H3. The van der Waals surface area contributed by atoms with Crippen molar-refractivity contribution in [2.24, 2.45) is 0 Å². The Bertz CT molecular complexity index is 1560. The molecule has 0 bridgehead atoms. The summed E-state index contributed by atoms with van der Waals surface area (Å²) in [6, 6.07) is 17.9. The number of methoxy groups -OCH3 is 1. The van der Waals surface area contributed by atoms with Crippen LogP contribution < -0.4 is 10.2 Å². The highest BCUT2D eigenvalue weighted by molar-refractivity contribution is 5.67. The number of hydrogen-bond donors (Lipinski definition) is 0. The lowest BCUT2D eigenvalue weighted by molar-refractivity contribution is 0.0566. The topological polar surface area (TPSA) is 79.8 Å². The van der Waals surface area contributed by atoms with E-state index in [2.05, 4.69) is 15.3 Å². The van der Waals surface area contributed by atoms with Crippen LogP contribution in [0.15, 0.2) is 84.0 Å². The molecule has 5 rings (SSSR count). The predicted octanol–water partition coefficient (Wildman–Crippen LogP) is 4.66. The van der Waals surface area contributed by atoms with Gasteiger partial charge < -0.3 is 4.74 Å². The van der Waals surface area contributed by atoms with Gasteiger partial charge in [-0.2, -0.15) is 24.1 Å². The molecule has 0 radical (unpaired) electrons. The van der Waals surface area contributed by atoms with Gasteiger partial charge >= 0.3 is 6.55 Å². The Balaban J connectivity index is 1.59. The molecule has 0 atom stereocenters. The van der Waals surface area contributed by atoms with Crippen molar-refractivity contribution in [1.82, 2.24) is 29.3 Å². The largest absolute Gasteiger partial charge is 0.494 e. The van der Waals surface area contributed by atoms with Gasteiger partial charge in [0.15, 0.2) is 5.69 Å². The fourth-order valence-electron chi connectivity index (χ4n) is 3.79. The molecule has 5 aromatic rings. The number of aromatic nitrogens is 6. The summed E-state index contributed by atoms with van der Waals surface area (Å²) in [4.78, 5) is 12.8. The van der Waals surface area contributed by atoms with E-state index >= 15 is 0 Å². The van der Waals surface area contributed by atoms with Crippen molar-refractivity contribution in [1.29, 1.82) is 0 Å². The van der Waals surface area contributed by atoms with Gasteiger partial charge in [-0.15, -0.1) is 0 Å². The van der Waals surface area contributed by atoms with Crippen LogP contribution in [0.25, 0.3) is 33.9 Å². The van der Waals surface area contributed by atoms with Crippen LogP contribution in [-0.2, 0) is 0 Å². The smallest absolute Gasteiger partial charge is 0.333 e. The van der Waals surface area contributed by atoms with E-state index in [0.717, 1.165) is 11.4 Å². The van der Waals surface area contributed by atoms with E-state index in [-0.39, 0.29) is 11.1 Å².